The SMILES string of the molecule is Cc1ccc(F)cc1NC(=O)COC(=O)c1cc(-c2ccc(C=O)o2)ccc1Cl. The smallest absolute Gasteiger partial charge is 0.340 e. The Morgan fingerprint density at radius 3 is 2.69 bits per heavy atom. The molecular weight excluding hydrogens is 401 g/mol. The zero-order valence-electron chi connectivity index (χ0n) is 15.2. The molecule has 0 spiro atoms. The van der Waals surface area contributed by atoms with E-state index in [2.05, 4.69) is 5.32 Å². The van der Waals surface area contributed by atoms with Gasteiger partial charge in [-0.2, -0.15) is 0 Å². The maximum Gasteiger partial charge on any atom is 0.340 e. The Balaban J connectivity index is 1.68. The molecule has 0 saturated carbocycles. The van der Waals surface area contributed by atoms with Crippen LogP contribution in [0.4, 0.5) is 10.1 Å². The van der Waals surface area contributed by atoms with E-state index in [0.29, 0.717) is 23.2 Å². The van der Waals surface area contributed by atoms with Gasteiger partial charge in [-0.1, -0.05) is 17.7 Å². The quantitative estimate of drug-likeness (QED) is 0.467. The van der Waals surface area contributed by atoms with Crippen molar-refractivity contribution < 1.29 is 27.9 Å². The van der Waals surface area contributed by atoms with Gasteiger partial charge in [0.15, 0.2) is 18.7 Å². The standard InChI is InChI=1S/C21H15ClFNO5/c1-12-2-4-14(23)9-18(12)24-20(26)11-28-21(27)16-8-13(3-6-17(16)22)19-7-5-15(10-25)29-19/h2-10H,11H2,1H3,(H,24,26). The molecule has 0 radical (unpaired) electrons. The van der Waals surface area contributed by atoms with Crippen molar-refractivity contribution >= 4 is 35.5 Å². The monoisotopic (exact) mass is 415 g/mol. The van der Waals surface area contributed by atoms with Gasteiger partial charge in [-0.25, -0.2) is 9.18 Å². The van der Waals surface area contributed by atoms with E-state index in [-0.39, 0.29) is 22.0 Å². The van der Waals surface area contributed by atoms with Gasteiger partial charge >= 0.3 is 5.97 Å². The summed E-state index contributed by atoms with van der Waals surface area (Å²) in [7, 11) is 0. The minimum atomic E-state index is -0.815. The number of hydrogen-bond donors (Lipinski definition) is 1. The molecule has 1 N–H and O–H groups in total. The fourth-order valence-electron chi connectivity index (χ4n) is 2.53. The van der Waals surface area contributed by atoms with Crippen LogP contribution in [-0.2, 0) is 9.53 Å². The second-order valence-electron chi connectivity index (χ2n) is 6.10. The number of furan rings is 1. The summed E-state index contributed by atoms with van der Waals surface area (Å²) in [6, 6.07) is 11.6. The van der Waals surface area contributed by atoms with E-state index >= 15 is 0 Å². The topological polar surface area (TPSA) is 85.6 Å². The predicted molar refractivity (Wildman–Crippen MR) is 105 cm³/mol. The lowest BCUT2D eigenvalue weighted by Gasteiger charge is -2.10. The van der Waals surface area contributed by atoms with Gasteiger partial charge in [-0.3, -0.25) is 9.59 Å². The summed E-state index contributed by atoms with van der Waals surface area (Å²) in [5.41, 5.74) is 1.49. The fraction of sp³-hybridized carbons (Fsp3) is 0.0952. The lowest BCUT2D eigenvalue weighted by Crippen LogP contribution is -2.21. The van der Waals surface area contributed by atoms with Crippen molar-refractivity contribution in [3.05, 3.63) is 76.3 Å². The van der Waals surface area contributed by atoms with E-state index in [4.69, 9.17) is 20.8 Å². The van der Waals surface area contributed by atoms with Crippen molar-refractivity contribution in [2.45, 2.75) is 6.92 Å². The Bertz CT molecular complexity index is 1090. The van der Waals surface area contributed by atoms with Crippen LogP contribution in [0.5, 0.6) is 0 Å². The number of anilines is 1. The summed E-state index contributed by atoms with van der Waals surface area (Å²) >= 11 is 6.06. The number of nitrogens with one attached hydrogen (secondary N) is 1. The molecular formula is C21H15ClFNO5. The van der Waals surface area contributed by atoms with E-state index in [0.717, 1.165) is 0 Å². The minimum Gasteiger partial charge on any atom is -0.453 e. The number of rotatable bonds is 6. The number of esters is 1. The molecule has 0 aliphatic carbocycles. The molecule has 1 heterocycles. The van der Waals surface area contributed by atoms with Gasteiger partial charge in [-0.15, -0.1) is 0 Å². The third kappa shape index (κ3) is 4.89. The first kappa shape index (κ1) is 20.3. The average molecular weight is 416 g/mol. The Hall–Kier alpha value is -3.45. The number of halogens is 2. The lowest BCUT2D eigenvalue weighted by atomic mass is 10.1. The van der Waals surface area contributed by atoms with Crippen molar-refractivity contribution in [1.82, 2.24) is 0 Å². The largest absolute Gasteiger partial charge is 0.453 e. The number of amides is 1. The molecule has 0 bridgehead atoms. The second-order valence-corrected chi connectivity index (χ2v) is 6.51. The molecule has 0 aliphatic rings. The second kappa shape index (κ2) is 8.70. The highest BCUT2D eigenvalue weighted by atomic mass is 35.5. The zero-order valence-corrected chi connectivity index (χ0v) is 16.0. The van der Waals surface area contributed by atoms with Crippen LogP contribution in [0.25, 0.3) is 11.3 Å². The summed E-state index contributed by atoms with van der Waals surface area (Å²) in [6.45, 7) is 1.13. The van der Waals surface area contributed by atoms with Crippen LogP contribution in [0, 0.1) is 12.7 Å². The molecule has 0 unspecified atom stereocenters. The fourth-order valence-corrected chi connectivity index (χ4v) is 2.73. The van der Waals surface area contributed by atoms with Crippen LogP contribution >= 0.6 is 11.6 Å². The Labute approximate surface area is 170 Å². The first-order valence-corrected chi connectivity index (χ1v) is 8.83. The molecule has 2 aromatic carbocycles. The Morgan fingerprint density at radius 1 is 1.17 bits per heavy atom. The third-order valence-corrected chi connectivity index (χ3v) is 4.35. The Kier molecular flexibility index (Phi) is 6.09. The van der Waals surface area contributed by atoms with Crippen LogP contribution < -0.4 is 5.32 Å². The molecule has 0 saturated heterocycles. The van der Waals surface area contributed by atoms with Crippen LogP contribution in [0.2, 0.25) is 5.02 Å². The van der Waals surface area contributed by atoms with E-state index in [1.807, 2.05) is 0 Å². The van der Waals surface area contributed by atoms with Gasteiger partial charge in [0.1, 0.15) is 11.6 Å². The highest BCUT2D eigenvalue weighted by Gasteiger charge is 2.17. The van der Waals surface area contributed by atoms with Crippen LogP contribution in [-0.4, -0.2) is 24.8 Å². The van der Waals surface area contributed by atoms with Crippen molar-refractivity contribution in [2.24, 2.45) is 0 Å². The molecule has 3 aromatic rings. The number of carbonyl (C=O) groups is 3. The maximum absolute atomic E-state index is 13.3. The van der Waals surface area contributed by atoms with Gasteiger partial charge in [0.2, 0.25) is 0 Å². The van der Waals surface area contributed by atoms with Crippen molar-refractivity contribution in [3.63, 3.8) is 0 Å². The van der Waals surface area contributed by atoms with Gasteiger partial charge in [0.05, 0.1) is 10.6 Å². The molecule has 3 rings (SSSR count). The number of benzene rings is 2. The number of ether oxygens (including phenoxy) is 1. The third-order valence-electron chi connectivity index (χ3n) is 4.02. The van der Waals surface area contributed by atoms with Crippen molar-refractivity contribution in [3.8, 4) is 11.3 Å². The predicted octanol–water partition coefficient (Wildman–Crippen LogP) is 4.66. The summed E-state index contributed by atoms with van der Waals surface area (Å²) in [4.78, 5) is 35.1. The summed E-state index contributed by atoms with van der Waals surface area (Å²) < 4.78 is 23.6. The minimum absolute atomic E-state index is 0.0305. The van der Waals surface area contributed by atoms with E-state index in [1.54, 1.807) is 19.1 Å². The molecule has 1 aromatic heterocycles. The van der Waals surface area contributed by atoms with E-state index in [9.17, 15) is 18.8 Å². The Morgan fingerprint density at radius 2 is 1.97 bits per heavy atom. The molecule has 1 amide bonds. The molecule has 0 atom stereocenters. The van der Waals surface area contributed by atoms with Gasteiger partial charge in [-0.05, 0) is 55.0 Å². The number of aldehydes is 1. The summed E-state index contributed by atoms with van der Waals surface area (Å²) in [5.74, 6) is -1.42. The first-order valence-electron chi connectivity index (χ1n) is 8.45. The van der Waals surface area contributed by atoms with Gasteiger partial charge in [0.25, 0.3) is 5.91 Å². The van der Waals surface area contributed by atoms with Crippen LogP contribution in [0.1, 0.15) is 26.5 Å². The van der Waals surface area contributed by atoms with Crippen LogP contribution in [0.3, 0.4) is 0 Å². The van der Waals surface area contributed by atoms with Crippen molar-refractivity contribution in [2.75, 3.05) is 11.9 Å². The zero-order chi connectivity index (χ0) is 21.0. The van der Waals surface area contributed by atoms with Gasteiger partial charge < -0.3 is 14.5 Å². The summed E-state index contributed by atoms with van der Waals surface area (Å²) in [5, 5.41) is 2.61. The van der Waals surface area contributed by atoms with E-state index < -0.39 is 24.3 Å². The lowest BCUT2D eigenvalue weighted by molar-refractivity contribution is -0.119. The summed E-state index contributed by atoms with van der Waals surface area (Å²) in [6.07, 6.45) is 0.563. The van der Waals surface area contributed by atoms with E-state index in [1.165, 1.54) is 36.4 Å². The molecule has 6 nitrogen and oxygen atoms in total. The maximum atomic E-state index is 13.3. The number of aryl methyl sites for hydroxylation is 1. The van der Waals surface area contributed by atoms with Gasteiger partial charge in [0, 0.05) is 11.3 Å². The average Bonchev–Trinajstić information content (AvgIpc) is 3.18. The molecule has 8 heteroatoms. The highest BCUT2D eigenvalue weighted by Crippen LogP contribution is 2.27. The van der Waals surface area contributed by atoms with Crippen molar-refractivity contribution in [1.29, 1.82) is 0 Å². The highest BCUT2D eigenvalue weighted by molar-refractivity contribution is 6.33. The molecule has 0 aliphatic heterocycles. The normalized spacial score (nSPS) is 10.4. The number of hydrogen-bond acceptors (Lipinski definition) is 5. The number of carbonyl (C=O) groups excluding carboxylic acids is 3. The van der Waals surface area contributed by atoms with Crippen LogP contribution in [0.15, 0.2) is 52.9 Å². The molecule has 29 heavy (non-hydrogen) atoms. The first-order chi connectivity index (χ1) is 13.9. The molecule has 148 valence electrons. The molecule has 0 fully saturated rings.